The molecule has 2 aromatic carbocycles. The summed E-state index contributed by atoms with van der Waals surface area (Å²) in [6, 6.07) is 10.9. The van der Waals surface area contributed by atoms with Crippen LogP contribution in [0.3, 0.4) is 0 Å². The lowest BCUT2D eigenvalue weighted by atomic mass is 10.1. The zero-order valence-corrected chi connectivity index (χ0v) is 13.3. The molecule has 0 bridgehead atoms. The summed E-state index contributed by atoms with van der Waals surface area (Å²) in [6.07, 6.45) is 0. The van der Waals surface area contributed by atoms with Crippen molar-refractivity contribution in [3.05, 3.63) is 69.5 Å². The molecule has 0 aliphatic rings. The second-order valence-electron chi connectivity index (χ2n) is 5.40. The van der Waals surface area contributed by atoms with Gasteiger partial charge in [-0.15, -0.1) is 0 Å². The van der Waals surface area contributed by atoms with Crippen LogP contribution in [0.25, 0.3) is 0 Å². The minimum absolute atomic E-state index is 0.0274. The van der Waals surface area contributed by atoms with Crippen molar-refractivity contribution in [2.45, 2.75) is 19.5 Å². The maximum absolute atomic E-state index is 13.0. The molecule has 0 radical (unpaired) electrons. The van der Waals surface area contributed by atoms with E-state index in [9.17, 15) is 14.5 Å². The van der Waals surface area contributed by atoms with Crippen LogP contribution in [0.4, 0.5) is 10.1 Å². The first-order valence-corrected chi connectivity index (χ1v) is 7.19. The van der Waals surface area contributed by atoms with Crippen LogP contribution in [0.15, 0.2) is 42.5 Å². The van der Waals surface area contributed by atoms with Crippen LogP contribution in [0.1, 0.15) is 24.1 Å². The fraction of sp³-hybridized carbons (Fsp3) is 0.294. The summed E-state index contributed by atoms with van der Waals surface area (Å²) >= 11 is 0. The number of nitro benzene ring substituents is 1. The summed E-state index contributed by atoms with van der Waals surface area (Å²) in [5.41, 5.74) is 1.74. The summed E-state index contributed by atoms with van der Waals surface area (Å²) in [5, 5.41) is 10.9. The van der Waals surface area contributed by atoms with E-state index in [4.69, 9.17) is 4.74 Å². The van der Waals surface area contributed by atoms with Crippen LogP contribution in [0.2, 0.25) is 0 Å². The highest BCUT2D eigenvalue weighted by atomic mass is 19.1. The summed E-state index contributed by atoms with van der Waals surface area (Å²) < 4.78 is 18.3. The Morgan fingerprint density at radius 2 is 1.91 bits per heavy atom. The number of methoxy groups -OCH3 is 1. The topological polar surface area (TPSA) is 55.6 Å². The van der Waals surface area contributed by atoms with E-state index in [2.05, 4.69) is 0 Å². The Morgan fingerprint density at radius 3 is 2.48 bits per heavy atom. The molecule has 23 heavy (non-hydrogen) atoms. The molecule has 2 aromatic rings. The Kier molecular flexibility index (Phi) is 5.28. The fourth-order valence-corrected chi connectivity index (χ4v) is 2.40. The van der Waals surface area contributed by atoms with E-state index >= 15 is 0 Å². The van der Waals surface area contributed by atoms with E-state index in [1.807, 2.05) is 18.9 Å². The van der Waals surface area contributed by atoms with E-state index in [0.29, 0.717) is 12.3 Å². The van der Waals surface area contributed by atoms with Gasteiger partial charge in [0.15, 0.2) is 0 Å². The van der Waals surface area contributed by atoms with Gasteiger partial charge in [0.1, 0.15) is 11.6 Å². The van der Waals surface area contributed by atoms with Crippen molar-refractivity contribution >= 4 is 5.69 Å². The molecule has 122 valence electrons. The zero-order valence-electron chi connectivity index (χ0n) is 13.3. The third kappa shape index (κ3) is 4.04. The van der Waals surface area contributed by atoms with E-state index in [1.165, 1.54) is 31.4 Å². The third-order valence-corrected chi connectivity index (χ3v) is 3.91. The fourth-order valence-electron chi connectivity index (χ4n) is 2.40. The van der Waals surface area contributed by atoms with Gasteiger partial charge in [-0.3, -0.25) is 15.0 Å². The molecule has 2 rings (SSSR count). The van der Waals surface area contributed by atoms with Crippen LogP contribution < -0.4 is 4.74 Å². The van der Waals surface area contributed by atoms with Gasteiger partial charge in [0, 0.05) is 30.3 Å². The van der Waals surface area contributed by atoms with Gasteiger partial charge in [-0.1, -0.05) is 12.1 Å². The summed E-state index contributed by atoms with van der Waals surface area (Å²) in [6.45, 7) is 2.47. The number of hydrogen-bond acceptors (Lipinski definition) is 4. The van der Waals surface area contributed by atoms with Crippen LogP contribution in [0.5, 0.6) is 5.75 Å². The molecule has 0 aliphatic carbocycles. The van der Waals surface area contributed by atoms with Crippen LogP contribution in [0, 0.1) is 15.9 Å². The van der Waals surface area contributed by atoms with Gasteiger partial charge in [0.2, 0.25) is 0 Å². The molecule has 0 amide bonds. The SMILES string of the molecule is COc1ccc([N+](=O)[O-])cc1CN(C)C(C)c1ccc(F)cc1. The lowest BCUT2D eigenvalue weighted by molar-refractivity contribution is -0.385. The van der Waals surface area contributed by atoms with Crippen LogP contribution in [-0.4, -0.2) is 24.0 Å². The molecule has 0 N–H and O–H groups in total. The Balaban J connectivity index is 2.21. The highest BCUT2D eigenvalue weighted by Gasteiger charge is 2.17. The maximum atomic E-state index is 13.0. The Bertz CT molecular complexity index is 689. The predicted octanol–water partition coefficient (Wildman–Crippen LogP) is 3.94. The average molecular weight is 318 g/mol. The van der Waals surface area contributed by atoms with Gasteiger partial charge < -0.3 is 4.74 Å². The minimum Gasteiger partial charge on any atom is -0.496 e. The van der Waals surface area contributed by atoms with Crippen molar-refractivity contribution in [2.75, 3.05) is 14.2 Å². The van der Waals surface area contributed by atoms with E-state index in [1.54, 1.807) is 18.2 Å². The third-order valence-electron chi connectivity index (χ3n) is 3.91. The molecule has 0 heterocycles. The number of nitrogens with zero attached hydrogens (tertiary/aromatic N) is 2. The summed E-state index contributed by atoms with van der Waals surface area (Å²) in [7, 11) is 3.44. The van der Waals surface area contributed by atoms with Crippen molar-refractivity contribution < 1.29 is 14.1 Å². The number of hydrogen-bond donors (Lipinski definition) is 0. The van der Waals surface area contributed by atoms with Gasteiger partial charge in [-0.2, -0.15) is 0 Å². The second kappa shape index (κ2) is 7.19. The summed E-state index contributed by atoms with van der Waals surface area (Å²) in [4.78, 5) is 12.5. The first-order chi connectivity index (χ1) is 10.9. The lowest BCUT2D eigenvalue weighted by Gasteiger charge is -2.25. The number of halogens is 1. The van der Waals surface area contributed by atoms with Gasteiger partial charge in [-0.05, 0) is 37.7 Å². The van der Waals surface area contributed by atoms with E-state index < -0.39 is 4.92 Å². The lowest BCUT2D eigenvalue weighted by Crippen LogP contribution is -2.22. The largest absolute Gasteiger partial charge is 0.496 e. The smallest absolute Gasteiger partial charge is 0.270 e. The Hall–Kier alpha value is -2.47. The molecular formula is C17H19FN2O3. The number of non-ortho nitro benzene ring substituents is 1. The van der Waals surface area contributed by atoms with Gasteiger partial charge in [0.05, 0.1) is 12.0 Å². The quantitative estimate of drug-likeness (QED) is 0.598. The van der Waals surface area contributed by atoms with E-state index in [-0.39, 0.29) is 17.5 Å². The zero-order chi connectivity index (χ0) is 17.0. The number of ether oxygens (including phenoxy) is 1. The first kappa shape index (κ1) is 16.9. The molecule has 1 unspecified atom stereocenters. The van der Waals surface area contributed by atoms with E-state index in [0.717, 1.165) is 11.1 Å². The standard InChI is InChI=1S/C17H19FN2O3/c1-12(13-4-6-15(18)7-5-13)19(2)11-14-10-16(20(21)22)8-9-17(14)23-3/h4-10,12H,11H2,1-3H3. The van der Waals surface area contributed by atoms with Crippen molar-refractivity contribution in [1.29, 1.82) is 0 Å². The van der Waals surface area contributed by atoms with Crippen molar-refractivity contribution in [3.63, 3.8) is 0 Å². The molecule has 5 nitrogen and oxygen atoms in total. The minimum atomic E-state index is -0.424. The number of benzene rings is 2. The van der Waals surface area contributed by atoms with Crippen LogP contribution >= 0.6 is 0 Å². The predicted molar refractivity (Wildman–Crippen MR) is 85.9 cm³/mol. The van der Waals surface area contributed by atoms with Gasteiger partial charge >= 0.3 is 0 Å². The number of nitro groups is 1. The highest BCUT2D eigenvalue weighted by Crippen LogP contribution is 2.28. The van der Waals surface area contributed by atoms with Crippen molar-refractivity contribution in [3.8, 4) is 5.75 Å². The molecule has 1 atom stereocenters. The molecule has 0 spiro atoms. The highest BCUT2D eigenvalue weighted by molar-refractivity contribution is 5.43. The summed E-state index contributed by atoms with van der Waals surface area (Å²) in [5.74, 6) is 0.331. The molecule has 0 saturated carbocycles. The van der Waals surface area contributed by atoms with Gasteiger partial charge in [-0.25, -0.2) is 4.39 Å². The molecule has 0 fully saturated rings. The van der Waals surface area contributed by atoms with Crippen molar-refractivity contribution in [2.24, 2.45) is 0 Å². The molecule has 6 heteroatoms. The van der Waals surface area contributed by atoms with Crippen LogP contribution in [-0.2, 0) is 6.54 Å². The maximum Gasteiger partial charge on any atom is 0.270 e. The van der Waals surface area contributed by atoms with Gasteiger partial charge in [0.25, 0.3) is 5.69 Å². The molecular weight excluding hydrogens is 299 g/mol. The molecule has 0 saturated heterocycles. The Labute approximate surface area is 134 Å². The second-order valence-corrected chi connectivity index (χ2v) is 5.40. The number of rotatable bonds is 6. The molecule has 0 aromatic heterocycles. The monoisotopic (exact) mass is 318 g/mol. The van der Waals surface area contributed by atoms with Crippen molar-refractivity contribution in [1.82, 2.24) is 4.90 Å². The normalized spacial score (nSPS) is 12.2. The average Bonchev–Trinajstić information content (AvgIpc) is 2.54. The molecule has 0 aliphatic heterocycles. The Morgan fingerprint density at radius 1 is 1.26 bits per heavy atom. The first-order valence-electron chi connectivity index (χ1n) is 7.19.